The molecule has 73 valence electrons. The molecule has 2 nitrogen and oxygen atoms in total. The van der Waals surface area contributed by atoms with E-state index < -0.39 is 12.2 Å². The Hall–Kier alpha value is -0.0800. The van der Waals surface area contributed by atoms with Crippen molar-refractivity contribution in [2.45, 2.75) is 52.7 Å². The molecule has 2 heteroatoms. The summed E-state index contributed by atoms with van der Waals surface area (Å²) >= 11 is 0. The zero-order valence-electron chi connectivity index (χ0n) is 8.54. The van der Waals surface area contributed by atoms with Crippen LogP contribution < -0.4 is 0 Å². The van der Waals surface area contributed by atoms with Crippen molar-refractivity contribution < 1.29 is 10.2 Å². The Morgan fingerprint density at radius 3 is 2.08 bits per heavy atom. The third-order valence-electron chi connectivity index (χ3n) is 1.88. The maximum Gasteiger partial charge on any atom is 0.0645 e. The first-order valence-corrected chi connectivity index (χ1v) is 4.59. The van der Waals surface area contributed by atoms with Crippen molar-refractivity contribution in [2.24, 2.45) is 5.41 Å². The highest BCUT2D eigenvalue weighted by Crippen LogP contribution is 2.22. The van der Waals surface area contributed by atoms with Crippen LogP contribution >= 0.6 is 0 Å². The average Bonchev–Trinajstić information content (AvgIpc) is 1.85. The molecule has 2 N–H and O–H groups in total. The fourth-order valence-corrected chi connectivity index (χ4v) is 0.891. The van der Waals surface area contributed by atoms with Crippen LogP contribution in [0.1, 0.15) is 40.5 Å². The largest absolute Gasteiger partial charge is 0.393 e. The summed E-state index contributed by atoms with van der Waals surface area (Å²) in [7, 11) is 0. The molecule has 0 heterocycles. The predicted octanol–water partition coefficient (Wildman–Crippen LogP) is 1.76. The fourth-order valence-electron chi connectivity index (χ4n) is 0.891. The molecule has 0 amide bonds. The molecule has 0 rings (SSSR count). The van der Waals surface area contributed by atoms with Gasteiger partial charge in [0.05, 0.1) is 12.2 Å². The smallest absolute Gasteiger partial charge is 0.0645 e. The fraction of sp³-hybridized carbons (Fsp3) is 0.900. The van der Waals surface area contributed by atoms with Crippen LogP contribution in [-0.4, -0.2) is 22.4 Å². The van der Waals surface area contributed by atoms with Gasteiger partial charge in [0.2, 0.25) is 0 Å². The normalized spacial score (nSPS) is 17.5. The third-order valence-corrected chi connectivity index (χ3v) is 1.88. The summed E-state index contributed by atoms with van der Waals surface area (Å²) in [5.41, 5.74) is -0.172. The summed E-state index contributed by atoms with van der Waals surface area (Å²) < 4.78 is 0. The van der Waals surface area contributed by atoms with Crippen LogP contribution in [0.15, 0.2) is 0 Å². The quantitative estimate of drug-likeness (QED) is 0.680. The topological polar surface area (TPSA) is 40.5 Å². The lowest BCUT2D eigenvalue weighted by molar-refractivity contribution is 0.0590. The maximum absolute atomic E-state index is 9.57. The zero-order valence-corrected chi connectivity index (χ0v) is 8.54. The predicted molar refractivity (Wildman–Crippen MR) is 50.7 cm³/mol. The van der Waals surface area contributed by atoms with E-state index in [0.29, 0.717) is 0 Å². The van der Waals surface area contributed by atoms with Gasteiger partial charge < -0.3 is 10.2 Å². The Kier molecular flexibility index (Phi) is 4.80. The summed E-state index contributed by atoms with van der Waals surface area (Å²) in [5.74, 6) is 0. The zero-order chi connectivity index (χ0) is 9.78. The van der Waals surface area contributed by atoms with E-state index >= 15 is 0 Å². The van der Waals surface area contributed by atoms with Gasteiger partial charge in [0.25, 0.3) is 0 Å². The monoisotopic (exact) mass is 173 g/mol. The molecule has 0 saturated heterocycles. The average molecular weight is 173 g/mol. The number of rotatable bonds is 4. The number of hydrogen-bond donors (Lipinski definition) is 2. The molecule has 2 unspecified atom stereocenters. The molecular formula is C10H21O2. The molecule has 2 atom stereocenters. The minimum absolute atomic E-state index is 0.172. The van der Waals surface area contributed by atoms with Gasteiger partial charge in [-0.1, -0.05) is 34.1 Å². The maximum atomic E-state index is 9.57. The van der Waals surface area contributed by atoms with Crippen molar-refractivity contribution in [1.29, 1.82) is 0 Å². The number of hydrogen-bond acceptors (Lipinski definition) is 2. The van der Waals surface area contributed by atoms with Crippen LogP contribution in [0, 0.1) is 11.8 Å². The van der Waals surface area contributed by atoms with Crippen molar-refractivity contribution >= 4 is 0 Å². The van der Waals surface area contributed by atoms with Gasteiger partial charge in [-0.25, -0.2) is 0 Å². The molecule has 0 aliphatic heterocycles. The lowest BCUT2D eigenvalue weighted by Gasteiger charge is -2.27. The summed E-state index contributed by atoms with van der Waals surface area (Å²) in [4.78, 5) is 0. The minimum atomic E-state index is -0.529. The molecule has 0 aliphatic rings. The third kappa shape index (κ3) is 4.73. The Morgan fingerprint density at radius 2 is 1.75 bits per heavy atom. The molecule has 12 heavy (non-hydrogen) atoms. The Bertz CT molecular complexity index is 115. The standard InChI is InChI=1S/C10H21O2/c1-5-6-8(11)7-9(12)10(2,3)4/h7-9,11-12H,5-6H2,1-4H3. The lowest BCUT2D eigenvalue weighted by Crippen LogP contribution is -2.30. The Labute approximate surface area is 75.6 Å². The first kappa shape index (κ1) is 11.9. The molecule has 1 radical (unpaired) electrons. The van der Waals surface area contributed by atoms with Crippen LogP contribution in [0.2, 0.25) is 0 Å². The van der Waals surface area contributed by atoms with E-state index in [2.05, 4.69) is 0 Å². The van der Waals surface area contributed by atoms with E-state index in [4.69, 9.17) is 0 Å². The van der Waals surface area contributed by atoms with Gasteiger partial charge in [-0.15, -0.1) is 0 Å². The van der Waals surface area contributed by atoms with E-state index in [1.807, 2.05) is 27.7 Å². The van der Waals surface area contributed by atoms with Crippen LogP contribution in [-0.2, 0) is 0 Å². The van der Waals surface area contributed by atoms with Gasteiger partial charge in [0, 0.05) is 6.42 Å². The van der Waals surface area contributed by atoms with Gasteiger partial charge in [-0.3, -0.25) is 0 Å². The molecule has 0 bridgehead atoms. The SMILES string of the molecule is CCCC(O)[CH]C(O)C(C)(C)C. The van der Waals surface area contributed by atoms with Gasteiger partial charge in [-0.2, -0.15) is 0 Å². The van der Waals surface area contributed by atoms with Crippen LogP contribution in [0.3, 0.4) is 0 Å². The second-order valence-electron chi connectivity index (χ2n) is 4.36. The highest BCUT2D eigenvalue weighted by Gasteiger charge is 2.24. The molecule has 0 fully saturated rings. The highest BCUT2D eigenvalue weighted by atomic mass is 16.3. The van der Waals surface area contributed by atoms with Crippen molar-refractivity contribution in [3.8, 4) is 0 Å². The van der Waals surface area contributed by atoms with Crippen molar-refractivity contribution in [3.05, 3.63) is 6.42 Å². The summed E-state index contributed by atoms with van der Waals surface area (Å²) in [6, 6.07) is 0. The van der Waals surface area contributed by atoms with Gasteiger partial charge in [-0.05, 0) is 11.8 Å². The molecule has 0 aromatic heterocycles. The highest BCUT2D eigenvalue weighted by molar-refractivity contribution is 4.90. The first-order valence-electron chi connectivity index (χ1n) is 4.59. The van der Waals surface area contributed by atoms with Gasteiger partial charge in [0.1, 0.15) is 0 Å². The van der Waals surface area contributed by atoms with E-state index in [9.17, 15) is 10.2 Å². The van der Waals surface area contributed by atoms with Crippen LogP contribution in [0.5, 0.6) is 0 Å². The van der Waals surface area contributed by atoms with E-state index in [0.717, 1.165) is 12.8 Å². The second kappa shape index (κ2) is 4.83. The summed E-state index contributed by atoms with van der Waals surface area (Å²) in [6.45, 7) is 7.87. The van der Waals surface area contributed by atoms with Crippen LogP contribution in [0.25, 0.3) is 0 Å². The molecule has 0 aromatic carbocycles. The van der Waals surface area contributed by atoms with Crippen molar-refractivity contribution in [1.82, 2.24) is 0 Å². The summed E-state index contributed by atoms with van der Waals surface area (Å²) in [6.07, 6.45) is 2.29. The van der Waals surface area contributed by atoms with Crippen molar-refractivity contribution in [2.75, 3.05) is 0 Å². The second-order valence-corrected chi connectivity index (χ2v) is 4.36. The Balaban J connectivity index is 3.76. The van der Waals surface area contributed by atoms with E-state index in [1.165, 1.54) is 0 Å². The molecule has 0 saturated carbocycles. The number of aliphatic hydroxyl groups excluding tert-OH is 2. The van der Waals surface area contributed by atoms with Gasteiger partial charge in [0.15, 0.2) is 0 Å². The summed E-state index contributed by atoms with van der Waals surface area (Å²) in [5, 5.41) is 18.9. The van der Waals surface area contributed by atoms with Crippen LogP contribution in [0.4, 0.5) is 0 Å². The minimum Gasteiger partial charge on any atom is -0.393 e. The molecule has 0 aromatic rings. The lowest BCUT2D eigenvalue weighted by atomic mass is 9.85. The van der Waals surface area contributed by atoms with E-state index in [1.54, 1.807) is 6.42 Å². The molecule has 0 aliphatic carbocycles. The number of aliphatic hydroxyl groups is 2. The first-order chi connectivity index (χ1) is 5.38. The Morgan fingerprint density at radius 1 is 1.25 bits per heavy atom. The van der Waals surface area contributed by atoms with E-state index in [-0.39, 0.29) is 5.41 Å². The molecular weight excluding hydrogens is 152 g/mol. The van der Waals surface area contributed by atoms with Gasteiger partial charge >= 0.3 is 0 Å². The van der Waals surface area contributed by atoms with Crippen molar-refractivity contribution in [3.63, 3.8) is 0 Å². The molecule has 0 spiro atoms.